The van der Waals surface area contributed by atoms with Crippen LogP contribution >= 0.6 is 15.9 Å². The van der Waals surface area contributed by atoms with E-state index in [4.69, 9.17) is 0 Å². The highest BCUT2D eigenvalue weighted by atomic mass is 79.9. The maximum Gasteiger partial charge on any atom is 0.264 e. The van der Waals surface area contributed by atoms with Crippen LogP contribution in [-0.2, 0) is 26.2 Å². The summed E-state index contributed by atoms with van der Waals surface area (Å²) >= 11 is 3.45. The predicted octanol–water partition coefficient (Wildman–Crippen LogP) is 5.12. The summed E-state index contributed by atoms with van der Waals surface area (Å²) in [4.78, 5) is 28.2. The molecule has 38 heavy (non-hydrogen) atoms. The van der Waals surface area contributed by atoms with Crippen molar-refractivity contribution in [3.05, 3.63) is 93.5 Å². The van der Waals surface area contributed by atoms with Gasteiger partial charge in [-0.25, -0.2) is 8.42 Å². The van der Waals surface area contributed by atoms with Gasteiger partial charge in [0, 0.05) is 17.6 Å². The summed E-state index contributed by atoms with van der Waals surface area (Å²) in [5.41, 5.74) is 3.85. The van der Waals surface area contributed by atoms with Gasteiger partial charge in [0.25, 0.3) is 10.0 Å². The number of likely N-dealkylation sites (N-methyl/N-ethyl adjacent to an activating group) is 1. The Morgan fingerprint density at radius 3 is 2.21 bits per heavy atom. The molecule has 0 aliphatic heterocycles. The van der Waals surface area contributed by atoms with Crippen molar-refractivity contribution < 1.29 is 18.0 Å². The van der Waals surface area contributed by atoms with E-state index in [2.05, 4.69) is 21.2 Å². The zero-order valence-electron chi connectivity index (χ0n) is 22.4. The molecule has 1 atom stereocenters. The maximum atomic E-state index is 13.9. The molecule has 0 unspecified atom stereocenters. The fraction of sp³-hybridized carbons (Fsp3) is 0.310. The zero-order chi connectivity index (χ0) is 28.0. The number of aryl methyl sites for hydroxylation is 3. The highest BCUT2D eigenvalue weighted by molar-refractivity contribution is 9.10. The molecule has 3 aromatic rings. The number of rotatable bonds is 10. The number of nitrogens with zero attached hydrogens (tertiary/aromatic N) is 2. The molecule has 0 saturated carbocycles. The second kappa shape index (κ2) is 12.6. The monoisotopic (exact) mass is 599 g/mol. The molecule has 0 aliphatic carbocycles. The second-order valence-electron chi connectivity index (χ2n) is 9.34. The fourth-order valence-electron chi connectivity index (χ4n) is 4.17. The number of hydrogen-bond donors (Lipinski definition) is 1. The van der Waals surface area contributed by atoms with Crippen LogP contribution in [0.1, 0.15) is 36.1 Å². The molecule has 0 saturated heterocycles. The third-order valence-electron chi connectivity index (χ3n) is 6.27. The van der Waals surface area contributed by atoms with Crippen molar-refractivity contribution in [1.29, 1.82) is 0 Å². The molecule has 1 N–H and O–H groups in total. The molecular weight excluding hydrogens is 566 g/mol. The third-order valence-corrected chi connectivity index (χ3v) is 8.54. The van der Waals surface area contributed by atoms with Crippen LogP contribution in [0, 0.1) is 20.8 Å². The van der Waals surface area contributed by atoms with Crippen LogP contribution in [0.25, 0.3) is 0 Å². The van der Waals surface area contributed by atoms with Gasteiger partial charge in [0.2, 0.25) is 11.8 Å². The van der Waals surface area contributed by atoms with Crippen molar-refractivity contribution in [2.24, 2.45) is 0 Å². The van der Waals surface area contributed by atoms with Crippen LogP contribution in [-0.4, -0.2) is 44.3 Å². The Bertz CT molecular complexity index is 1410. The molecule has 9 heteroatoms. The normalized spacial score (nSPS) is 12.1. The number of amides is 2. The predicted molar refractivity (Wildman–Crippen MR) is 154 cm³/mol. The first-order valence-corrected chi connectivity index (χ1v) is 14.7. The molecule has 3 aromatic carbocycles. The molecule has 0 aromatic heterocycles. The average molecular weight is 601 g/mol. The smallest absolute Gasteiger partial charge is 0.264 e. The number of carbonyl (C=O) groups is 2. The summed E-state index contributed by atoms with van der Waals surface area (Å²) in [6.45, 7) is 9.18. The SMILES string of the molecule is CCNC(=O)[C@@H](C)N(Cc1cccc(Br)c1)C(=O)CN(c1ccc(C)cc1C)S(=O)(=O)c1ccc(C)cc1. The standard InChI is InChI=1S/C29H34BrN3O4S/c1-6-31-29(35)23(5)32(18-24-8-7-9-25(30)17-24)28(34)19-33(27-15-12-21(3)16-22(27)4)38(36,37)26-13-10-20(2)11-14-26/h7-17,23H,6,18-19H2,1-5H3,(H,31,35)/t23-/m1/s1. The van der Waals surface area contributed by atoms with Crippen LogP contribution in [0.4, 0.5) is 5.69 Å². The number of carbonyl (C=O) groups excluding carboxylic acids is 2. The Balaban J connectivity index is 2.07. The lowest BCUT2D eigenvalue weighted by Gasteiger charge is -2.32. The minimum Gasteiger partial charge on any atom is -0.355 e. The molecule has 0 fully saturated rings. The van der Waals surface area contributed by atoms with Crippen LogP contribution in [0.2, 0.25) is 0 Å². The van der Waals surface area contributed by atoms with E-state index in [0.29, 0.717) is 12.2 Å². The summed E-state index contributed by atoms with van der Waals surface area (Å²) < 4.78 is 29.8. The lowest BCUT2D eigenvalue weighted by molar-refractivity contribution is -0.139. The molecular formula is C29H34BrN3O4S. The van der Waals surface area contributed by atoms with Gasteiger partial charge in [0.1, 0.15) is 12.6 Å². The van der Waals surface area contributed by atoms with Crippen molar-refractivity contribution in [2.45, 2.75) is 52.1 Å². The zero-order valence-corrected chi connectivity index (χ0v) is 24.8. The Kier molecular flexibility index (Phi) is 9.73. The molecule has 202 valence electrons. The van der Waals surface area contributed by atoms with Crippen LogP contribution < -0.4 is 9.62 Å². The summed E-state index contributed by atoms with van der Waals surface area (Å²) in [7, 11) is -4.09. The summed E-state index contributed by atoms with van der Waals surface area (Å²) in [6.07, 6.45) is 0. The van der Waals surface area contributed by atoms with E-state index in [9.17, 15) is 18.0 Å². The van der Waals surface area contributed by atoms with Gasteiger partial charge in [0.05, 0.1) is 10.6 Å². The molecule has 0 bridgehead atoms. The number of sulfonamides is 1. The van der Waals surface area contributed by atoms with E-state index in [1.54, 1.807) is 44.2 Å². The number of benzene rings is 3. The minimum absolute atomic E-state index is 0.0891. The van der Waals surface area contributed by atoms with Crippen molar-refractivity contribution in [2.75, 3.05) is 17.4 Å². The van der Waals surface area contributed by atoms with Gasteiger partial charge in [-0.15, -0.1) is 0 Å². The first kappa shape index (κ1) is 29.4. The van der Waals surface area contributed by atoms with E-state index in [0.717, 1.165) is 31.0 Å². The van der Waals surface area contributed by atoms with Gasteiger partial charge in [-0.3, -0.25) is 13.9 Å². The largest absolute Gasteiger partial charge is 0.355 e. The molecule has 0 aliphatic rings. The maximum absolute atomic E-state index is 13.9. The minimum atomic E-state index is -4.09. The first-order chi connectivity index (χ1) is 17.9. The number of nitrogens with one attached hydrogen (secondary N) is 1. The van der Waals surface area contributed by atoms with Gasteiger partial charge in [-0.2, -0.15) is 0 Å². The quantitative estimate of drug-likeness (QED) is 0.350. The first-order valence-electron chi connectivity index (χ1n) is 12.4. The molecule has 2 amide bonds. The van der Waals surface area contributed by atoms with Gasteiger partial charge in [-0.1, -0.05) is 63.5 Å². The topological polar surface area (TPSA) is 86.8 Å². The third kappa shape index (κ3) is 7.02. The summed E-state index contributed by atoms with van der Waals surface area (Å²) in [5.74, 6) is -0.797. The highest BCUT2D eigenvalue weighted by Crippen LogP contribution is 2.28. The van der Waals surface area contributed by atoms with Gasteiger partial charge in [-0.05, 0) is 76.1 Å². The number of hydrogen-bond acceptors (Lipinski definition) is 4. The number of halogens is 1. The van der Waals surface area contributed by atoms with E-state index >= 15 is 0 Å². The van der Waals surface area contributed by atoms with Gasteiger partial charge in [0.15, 0.2) is 0 Å². The Morgan fingerprint density at radius 2 is 1.61 bits per heavy atom. The molecule has 7 nitrogen and oxygen atoms in total. The van der Waals surface area contributed by atoms with Crippen LogP contribution in [0.3, 0.4) is 0 Å². The summed E-state index contributed by atoms with van der Waals surface area (Å²) in [6, 6.07) is 18.6. The molecule has 0 heterocycles. The highest BCUT2D eigenvalue weighted by Gasteiger charge is 2.33. The number of anilines is 1. The Labute approximate surface area is 234 Å². The van der Waals surface area contributed by atoms with Gasteiger partial charge >= 0.3 is 0 Å². The Hall–Kier alpha value is -3.17. The van der Waals surface area contributed by atoms with Crippen molar-refractivity contribution in [1.82, 2.24) is 10.2 Å². The summed E-state index contributed by atoms with van der Waals surface area (Å²) in [5, 5.41) is 2.77. The van der Waals surface area contributed by atoms with Crippen molar-refractivity contribution in [3.8, 4) is 0 Å². The Morgan fingerprint density at radius 1 is 0.947 bits per heavy atom. The van der Waals surface area contributed by atoms with Crippen molar-refractivity contribution in [3.63, 3.8) is 0 Å². The van der Waals surface area contributed by atoms with Gasteiger partial charge < -0.3 is 10.2 Å². The molecule has 0 spiro atoms. The second-order valence-corrected chi connectivity index (χ2v) is 12.1. The van der Waals surface area contributed by atoms with E-state index in [1.807, 2.05) is 57.2 Å². The van der Waals surface area contributed by atoms with Crippen LogP contribution in [0.5, 0.6) is 0 Å². The molecule has 0 radical (unpaired) electrons. The fourth-order valence-corrected chi connectivity index (χ4v) is 6.10. The lowest BCUT2D eigenvalue weighted by Crippen LogP contribution is -2.51. The van der Waals surface area contributed by atoms with E-state index in [1.165, 1.54) is 4.90 Å². The van der Waals surface area contributed by atoms with E-state index in [-0.39, 0.29) is 17.3 Å². The van der Waals surface area contributed by atoms with Crippen molar-refractivity contribution >= 4 is 43.5 Å². The average Bonchev–Trinajstić information content (AvgIpc) is 2.86. The van der Waals surface area contributed by atoms with Crippen LogP contribution in [0.15, 0.2) is 76.1 Å². The van der Waals surface area contributed by atoms with E-state index < -0.39 is 28.5 Å². The lowest BCUT2D eigenvalue weighted by atomic mass is 10.1. The molecule has 3 rings (SSSR count).